The molecule has 0 spiro atoms. The molecule has 1 atom stereocenters. The van der Waals surface area contributed by atoms with Gasteiger partial charge in [-0.2, -0.15) is 0 Å². The monoisotopic (exact) mass is 405 g/mol. The number of aliphatic imine (C=N–C) groups is 1. The topological polar surface area (TPSA) is 35.9 Å². The number of likely N-dealkylation sites (N-methyl/N-ethyl adjacent to an activating group) is 1. The fraction of sp³-hybridized carbons (Fsp3) is 0.524. The molecule has 0 N–H and O–H groups in total. The number of hydrogen-bond acceptors (Lipinski definition) is 4. The number of carbonyl (C=O) groups is 1. The van der Waals surface area contributed by atoms with E-state index >= 15 is 0 Å². The molecule has 2 aliphatic rings. The van der Waals surface area contributed by atoms with Crippen molar-refractivity contribution in [2.75, 3.05) is 25.0 Å². The summed E-state index contributed by atoms with van der Waals surface area (Å²) >= 11 is 8.06. The third-order valence-electron chi connectivity index (χ3n) is 5.54. The minimum Gasteiger partial charge on any atom is -0.369 e. The molecule has 0 bridgehead atoms. The summed E-state index contributed by atoms with van der Waals surface area (Å²) in [5.41, 5.74) is 3.47. The second kappa shape index (κ2) is 7.51. The standard InChI is InChI=1S/C21H28ClN3OS/c1-7-23-20-25(8-2)19(26)18(27-20)10-14-9-15-13(3)12-21(4,5)24(6)17(15)11-16(14)22/h9-11,13H,7-8,12H2,1-6H3/b18-10+,23-20?. The number of hydrogen-bond donors (Lipinski definition) is 0. The first-order chi connectivity index (χ1) is 12.7. The van der Waals surface area contributed by atoms with Crippen LogP contribution >= 0.6 is 23.4 Å². The Morgan fingerprint density at radius 3 is 2.70 bits per heavy atom. The van der Waals surface area contributed by atoms with E-state index in [9.17, 15) is 4.79 Å². The number of halogens is 1. The summed E-state index contributed by atoms with van der Waals surface area (Å²) in [5.74, 6) is 0.451. The summed E-state index contributed by atoms with van der Waals surface area (Å²) < 4.78 is 0. The average Bonchev–Trinajstić information content (AvgIpc) is 2.89. The Morgan fingerprint density at radius 1 is 1.37 bits per heavy atom. The predicted octanol–water partition coefficient (Wildman–Crippen LogP) is 5.37. The highest BCUT2D eigenvalue weighted by molar-refractivity contribution is 8.18. The number of rotatable bonds is 3. The van der Waals surface area contributed by atoms with Gasteiger partial charge in [0.05, 0.1) is 4.91 Å². The van der Waals surface area contributed by atoms with Crippen molar-refractivity contribution in [2.24, 2.45) is 4.99 Å². The van der Waals surface area contributed by atoms with E-state index < -0.39 is 0 Å². The Bertz CT molecular complexity index is 831. The van der Waals surface area contributed by atoms with Crippen LogP contribution in [0.2, 0.25) is 5.02 Å². The van der Waals surface area contributed by atoms with Gasteiger partial charge in [0.1, 0.15) is 0 Å². The highest BCUT2D eigenvalue weighted by atomic mass is 35.5. The number of thioether (sulfide) groups is 1. The van der Waals surface area contributed by atoms with Crippen molar-refractivity contribution in [3.05, 3.63) is 33.2 Å². The third kappa shape index (κ3) is 3.64. The van der Waals surface area contributed by atoms with Gasteiger partial charge < -0.3 is 4.90 Å². The van der Waals surface area contributed by atoms with Crippen LogP contribution in [0, 0.1) is 0 Å². The zero-order valence-corrected chi connectivity index (χ0v) is 18.5. The van der Waals surface area contributed by atoms with E-state index in [4.69, 9.17) is 11.6 Å². The van der Waals surface area contributed by atoms with Gasteiger partial charge in [0.15, 0.2) is 5.17 Å². The number of benzene rings is 1. The third-order valence-corrected chi connectivity index (χ3v) is 6.91. The molecule has 1 aromatic rings. The number of amides is 1. The molecule has 1 fully saturated rings. The van der Waals surface area contributed by atoms with Crippen LogP contribution in [0.25, 0.3) is 6.08 Å². The van der Waals surface area contributed by atoms with Crippen molar-refractivity contribution in [1.82, 2.24) is 4.90 Å². The molecule has 1 amide bonds. The van der Waals surface area contributed by atoms with Gasteiger partial charge in [-0.1, -0.05) is 18.5 Å². The van der Waals surface area contributed by atoms with Crippen molar-refractivity contribution in [3.8, 4) is 0 Å². The van der Waals surface area contributed by atoms with Crippen molar-refractivity contribution >= 4 is 46.2 Å². The van der Waals surface area contributed by atoms with Crippen molar-refractivity contribution in [2.45, 2.75) is 52.5 Å². The molecular formula is C21H28ClN3OS. The largest absolute Gasteiger partial charge is 0.369 e. The lowest BCUT2D eigenvalue weighted by atomic mass is 9.80. The highest BCUT2D eigenvalue weighted by Crippen LogP contribution is 2.45. The zero-order chi connectivity index (χ0) is 19.9. The normalized spacial score (nSPS) is 24.9. The van der Waals surface area contributed by atoms with Gasteiger partial charge in [-0.05, 0) is 81.1 Å². The van der Waals surface area contributed by atoms with Gasteiger partial charge in [0.25, 0.3) is 5.91 Å². The molecule has 3 rings (SSSR count). The summed E-state index contributed by atoms with van der Waals surface area (Å²) in [6, 6.07) is 4.20. The minimum absolute atomic E-state index is 0.00906. The molecule has 0 aliphatic carbocycles. The first kappa shape index (κ1) is 20.3. The quantitative estimate of drug-likeness (QED) is 0.634. The molecule has 0 saturated carbocycles. The van der Waals surface area contributed by atoms with E-state index in [0.29, 0.717) is 28.9 Å². The summed E-state index contributed by atoms with van der Waals surface area (Å²) in [4.78, 5) is 21.9. The summed E-state index contributed by atoms with van der Waals surface area (Å²) in [5, 5.41) is 1.45. The van der Waals surface area contributed by atoms with E-state index in [1.165, 1.54) is 23.0 Å². The van der Waals surface area contributed by atoms with E-state index in [0.717, 1.165) is 17.2 Å². The molecule has 6 heteroatoms. The lowest BCUT2D eigenvalue weighted by molar-refractivity contribution is -0.122. The Labute approximate surface area is 171 Å². The van der Waals surface area contributed by atoms with Crippen molar-refractivity contribution < 1.29 is 4.79 Å². The molecule has 27 heavy (non-hydrogen) atoms. The van der Waals surface area contributed by atoms with Crippen LogP contribution in [0.3, 0.4) is 0 Å². The first-order valence-electron chi connectivity index (χ1n) is 9.52. The van der Waals surface area contributed by atoms with Crippen LogP contribution in [0.4, 0.5) is 5.69 Å². The van der Waals surface area contributed by atoms with Gasteiger partial charge in [-0.15, -0.1) is 0 Å². The molecule has 4 nitrogen and oxygen atoms in total. The second-order valence-corrected chi connectivity index (χ2v) is 9.24. The Balaban J connectivity index is 2.02. The van der Waals surface area contributed by atoms with Gasteiger partial charge in [-0.25, -0.2) is 0 Å². The maximum Gasteiger partial charge on any atom is 0.266 e. The molecular weight excluding hydrogens is 378 g/mol. The van der Waals surface area contributed by atoms with E-state index in [1.54, 1.807) is 4.90 Å². The number of nitrogens with zero attached hydrogens (tertiary/aromatic N) is 3. The Morgan fingerprint density at radius 2 is 2.07 bits per heavy atom. The summed E-state index contributed by atoms with van der Waals surface area (Å²) in [6.07, 6.45) is 3.00. The van der Waals surface area contributed by atoms with E-state index in [-0.39, 0.29) is 11.4 Å². The Hall–Kier alpha value is -1.46. The predicted molar refractivity (Wildman–Crippen MR) is 118 cm³/mol. The Kier molecular flexibility index (Phi) is 5.64. The van der Waals surface area contributed by atoms with Crippen LogP contribution < -0.4 is 4.90 Å². The number of amidine groups is 1. The van der Waals surface area contributed by atoms with E-state index in [1.807, 2.05) is 26.0 Å². The molecule has 1 unspecified atom stereocenters. The summed E-state index contributed by atoms with van der Waals surface area (Å²) in [6.45, 7) is 12.0. The molecule has 1 saturated heterocycles. The smallest absolute Gasteiger partial charge is 0.266 e. The zero-order valence-electron chi connectivity index (χ0n) is 17.0. The molecule has 0 radical (unpaired) electrons. The SMILES string of the molecule is CCN=C1S/C(=C/c2cc3c(cc2Cl)N(C)C(C)(C)CC3C)C(=O)N1CC. The molecule has 146 valence electrons. The number of fused-ring (bicyclic) bond motifs is 1. The molecule has 1 aromatic carbocycles. The van der Waals surface area contributed by atoms with Gasteiger partial charge in [-0.3, -0.25) is 14.7 Å². The van der Waals surface area contributed by atoms with Crippen molar-refractivity contribution in [1.29, 1.82) is 0 Å². The van der Waals surface area contributed by atoms with Crippen molar-refractivity contribution in [3.63, 3.8) is 0 Å². The van der Waals surface area contributed by atoms with Gasteiger partial charge >= 0.3 is 0 Å². The molecule has 2 aliphatic heterocycles. The molecule has 2 heterocycles. The van der Waals surface area contributed by atoms with E-state index in [2.05, 4.69) is 43.8 Å². The summed E-state index contributed by atoms with van der Waals surface area (Å²) in [7, 11) is 2.13. The lowest BCUT2D eigenvalue weighted by Gasteiger charge is -2.45. The maximum atomic E-state index is 12.7. The van der Waals surface area contributed by atoms with Crippen LogP contribution in [0.5, 0.6) is 0 Å². The fourth-order valence-corrected chi connectivity index (χ4v) is 5.20. The first-order valence-corrected chi connectivity index (χ1v) is 10.7. The average molecular weight is 406 g/mol. The molecule has 0 aromatic heterocycles. The van der Waals surface area contributed by atoms with Crippen LogP contribution in [0.1, 0.15) is 58.1 Å². The van der Waals surface area contributed by atoms with Crippen LogP contribution in [-0.4, -0.2) is 41.7 Å². The van der Waals surface area contributed by atoms with Crippen LogP contribution in [-0.2, 0) is 4.79 Å². The van der Waals surface area contributed by atoms with Gasteiger partial charge in [0.2, 0.25) is 0 Å². The minimum atomic E-state index is 0.00906. The second-order valence-electron chi connectivity index (χ2n) is 7.83. The lowest BCUT2D eigenvalue weighted by Crippen LogP contribution is -2.45. The van der Waals surface area contributed by atoms with Gasteiger partial charge in [0, 0.05) is 36.4 Å². The fourth-order valence-electron chi connectivity index (χ4n) is 3.90. The maximum absolute atomic E-state index is 12.7. The number of carbonyl (C=O) groups excluding carboxylic acids is 1. The number of anilines is 1. The highest BCUT2D eigenvalue weighted by Gasteiger charge is 2.35. The van der Waals surface area contributed by atoms with Crippen LogP contribution in [0.15, 0.2) is 22.0 Å².